The molecule has 0 atom stereocenters. The smallest absolute Gasteiger partial charge is 0.262 e. The fraction of sp³-hybridized carbons (Fsp3) is 0.130. The molecule has 0 unspecified atom stereocenters. The maximum absolute atomic E-state index is 12.6. The Morgan fingerprint density at radius 1 is 1.00 bits per heavy atom. The Morgan fingerprint density at radius 3 is 2.31 bits per heavy atom. The van der Waals surface area contributed by atoms with E-state index >= 15 is 0 Å². The summed E-state index contributed by atoms with van der Waals surface area (Å²) < 4.78 is 5.34. The zero-order chi connectivity index (χ0) is 20.1. The molecule has 146 valence electrons. The Hall–Kier alpha value is -3.25. The zero-order valence-electron chi connectivity index (χ0n) is 15.6. The number of hydrogen-bond donors (Lipinski definition) is 2. The van der Waals surface area contributed by atoms with Gasteiger partial charge in [-0.1, -0.05) is 60.7 Å². The average molecular weight is 404 g/mol. The molecule has 1 heterocycles. The van der Waals surface area contributed by atoms with E-state index < -0.39 is 0 Å². The summed E-state index contributed by atoms with van der Waals surface area (Å²) in [4.78, 5) is 24.0. The van der Waals surface area contributed by atoms with E-state index in [1.54, 1.807) is 30.0 Å². The summed E-state index contributed by atoms with van der Waals surface area (Å²) in [5.74, 6) is 0.596. The van der Waals surface area contributed by atoms with Crippen LogP contribution in [0.1, 0.15) is 16.4 Å². The first-order valence-electron chi connectivity index (χ1n) is 9.27. The van der Waals surface area contributed by atoms with Crippen molar-refractivity contribution in [2.24, 2.45) is 0 Å². The molecule has 0 aromatic heterocycles. The van der Waals surface area contributed by atoms with Gasteiger partial charge in [-0.3, -0.25) is 9.59 Å². The molecule has 0 aliphatic carbocycles. The Labute approximate surface area is 173 Å². The lowest BCUT2D eigenvalue weighted by Crippen LogP contribution is -2.25. The minimum Gasteiger partial charge on any atom is -0.482 e. The highest BCUT2D eigenvalue weighted by molar-refractivity contribution is 8.00. The molecule has 3 aromatic rings. The topological polar surface area (TPSA) is 67.4 Å². The molecule has 0 spiro atoms. The largest absolute Gasteiger partial charge is 0.482 e. The summed E-state index contributed by atoms with van der Waals surface area (Å²) in [6.07, 6.45) is 0. The number of anilines is 2. The first kappa shape index (κ1) is 19.1. The van der Waals surface area contributed by atoms with Crippen LogP contribution in [0.2, 0.25) is 0 Å². The molecule has 0 saturated heterocycles. The molecule has 0 fully saturated rings. The molecule has 3 aromatic carbocycles. The second-order valence-electron chi connectivity index (χ2n) is 6.61. The Bertz CT molecular complexity index is 970. The summed E-state index contributed by atoms with van der Waals surface area (Å²) >= 11 is 1.58. The van der Waals surface area contributed by atoms with Crippen LogP contribution in [0.15, 0.2) is 78.9 Å². The third kappa shape index (κ3) is 4.78. The number of hydrogen-bond acceptors (Lipinski definition) is 4. The Morgan fingerprint density at radius 2 is 1.66 bits per heavy atom. The number of carbonyl (C=O) groups is 2. The van der Waals surface area contributed by atoms with Gasteiger partial charge in [-0.05, 0) is 29.3 Å². The van der Waals surface area contributed by atoms with Crippen LogP contribution in [0.25, 0.3) is 0 Å². The number of ether oxygens (including phenoxy) is 1. The van der Waals surface area contributed by atoms with Gasteiger partial charge in [0.2, 0.25) is 5.91 Å². The normalized spacial score (nSPS) is 12.7. The summed E-state index contributed by atoms with van der Waals surface area (Å²) in [6, 6.07) is 25.5. The van der Waals surface area contributed by atoms with Crippen LogP contribution >= 0.6 is 11.8 Å². The molecule has 0 saturated carbocycles. The van der Waals surface area contributed by atoms with Crippen molar-refractivity contribution in [2.75, 3.05) is 23.0 Å². The standard InChI is InChI=1S/C23H20N2O3S/c26-21-14-28-20-12-11-18(13-19(20)25-21)24-22(27)15-29-23(16-7-3-1-4-8-16)17-9-5-2-6-10-17/h1-13,23H,14-15H2,(H,24,27)(H,25,26). The third-order valence-electron chi connectivity index (χ3n) is 4.48. The summed E-state index contributed by atoms with van der Waals surface area (Å²) in [6.45, 7) is 0.00963. The number of fused-ring (bicyclic) bond motifs is 1. The first-order chi connectivity index (χ1) is 14.2. The summed E-state index contributed by atoms with van der Waals surface area (Å²) in [5, 5.41) is 5.71. The quantitative estimate of drug-likeness (QED) is 0.636. The van der Waals surface area contributed by atoms with Gasteiger partial charge in [0.05, 0.1) is 16.7 Å². The van der Waals surface area contributed by atoms with E-state index in [0.29, 0.717) is 22.9 Å². The van der Waals surface area contributed by atoms with E-state index in [9.17, 15) is 9.59 Å². The summed E-state index contributed by atoms with van der Waals surface area (Å²) in [5.41, 5.74) is 3.50. The Balaban J connectivity index is 1.43. The lowest BCUT2D eigenvalue weighted by Gasteiger charge is -2.19. The van der Waals surface area contributed by atoms with Crippen LogP contribution in [-0.4, -0.2) is 24.2 Å². The molecular weight excluding hydrogens is 384 g/mol. The van der Waals surface area contributed by atoms with Crippen LogP contribution in [0.3, 0.4) is 0 Å². The van der Waals surface area contributed by atoms with Crippen molar-refractivity contribution in [1.82, 2.24) is 0 Å². The predicted molar refractivity (Wildman–Crippen MR) is 116 cm³/mol. The van der Waals surface area contributed by atoms with Gasteiger partial charge in [-0.2, -0.15) is 0 Å². The van der Waals surface area contributed by atoms with Crippen molar-refractivity contribution >= 4 is 35.0 Å². The first-order valence-corrected chi connectivity index (χ1v) is 10.3. The highest BCUT2D eigenvalue weighted by atomic mass is 32.2. The van der Waals surface area contributed by atoms with Gasteiger partial charge in [0.15, 0.2) is 6.61 Å². The number of amides is 2. The van der Waals surface area contributed by atoms with E-state index in [0.717, 1.165) is 11.1 Å². The van der Waals surface area contributed by atoms with Crippen LogP contribution < -0.4 is 15.4 Å². The van der Waals surface area contributed by atoms with Crippen molar-refractivity contribution in [3.63, 3.8) is 0 Å². The van der Waals surface area contributed by atoms with E-state index in [2.05, 4.69) is 34.9 Å². The molecule has 2 amide bonds. The fourth-order valence-electron chi connectivity index (χ4n) is 3.16. The molecule has 29 heavy (non-hydrogen) atoms. The van der Waals surface area contributed by atoms with Crippen molar-refractivity contribution in [1.29, 1.82) is 0 Å². The van der Waals surface area contributed by atoms with Crippen LogP contribution in [0.5, 0.6) is 5.75 Å². The van der Waals surface area contributed by atoms with Crippen molar-refractivity contribution in [2.45, 2.75) is 5.25 Å². The predicted octanol–water partition coefficient (Wildman–Crippen LogP) is 4.48. The van der Waals surface area contributed by atoms with E-state index in [1.807, 2.05) is 36.4 Å². The van der Waals surface area contributed by atoms with Gasteiger partial charge in [0.1, 0.15) is 5.75 Å². The molecular formula is C23H20N2O3S. The highest BCUT2D eigenvalue weighted by Gasteiger charge is 2.18. The summed E-state index contributed by atoms with van der Waals surface area (Å²) in [7, 11) is 0. The van der Waals surface area contributed by atoms with Crippen LogP contribution in [-0.2, 0) is 9.59 Å². The van der Waals surface area contributed by atoms with Gasteiger partial charge >= 0.3 is 0 Å². The lowest BCUT2D eigenvalue weighted by molar-refractivity contribution is -0.118. The SMILES string of the molecule is O=C(CSC(c1ccccc1)c1ccccc1)Nc1ccc2c(c1)NC(=O)CO2. The minimum absolute atomic E-state index is 0.00963. The molecule has 1 aliphatic rings. The lowest BCUT2D eigenvalue weighted by atomic mass is 10.0. The number of nitrogens with one attached hydrogen (secondary N) is 2. The number of carbonyl (C=O) groups excluding carboxylic acids is 2. The Kier molecular flexibility index (Phi) is 5.81. The van der Waals surface area contributed by atoms with Crippen molar-refractivity contribution < 1.29 is 14.3 Å². The molecule has 0 bridgehead atoms. The van der Waals surface area contributed by atoms with Crippen LogP contribution in [0.4, 0.5) is 11.4 Å². The second kappa shape index (κ2) is 8.84. The molecule has 6 heteroatoms. The van der Waals surface area contributed by atoms with Crippen molar-refractivity contribution in [3.8, 4) is 5.75 Å². The van der Waals surface area contributed by atoms with E-state index in [-0.39, 0.29) is 23.7 Å². The fourth-order valence-corrected chi connectivity index (χ4v) is 4.25. The van der Waals surface area contributed by atoms with Crippen LogP contribution in [0, 0.1) is 0 Å². The minimum atomic E-state index is -0.204. The third-order valence-corrected chi connectivity index (χ3v) is 5.79. The highest BCUT2D eigenvalue weighted by Crippen LogP contribution is 2.36. The number of thioether (sulfide) groups is 1. The van der Waals surface area contributed by atoms with Gasteiger partial charge in [0.25, 0.3) is 5.91 Å². The monoisotopic (exact) mass is 404 g/mol. The molecule has 2 N–H and O–H groups in total. The van der Waals surface area contributed by atoms with Gasteiger partial charge in [-0.15, -0.1) is 11.8 Å². The molecule has 5 nitrogen and oxygen atoms in total. The maximum atomic E-state index is 12.6. The number of benzene rings is 3. The molecule has 0 radical (unpaired) electrons. The van der Waals surface area contributed by atoms with Gasteiger partial charge < -0.3 is 15.4 Å². The van der Waals surface area contributed by atoms with Gasteiger partial charge in [-0.25, -0.2) is 0 Å². The van der Waals surface area contributed by atoms with Gasteiger partial charge in [0, 0.05) is 5.69 Å². The maximum Gasteiger partial charge on any atom is 0.262 e. The molecule has 4 rings (SSSR count). The van der Waals surface area contributed by atoms with Crippen molar-refractivity contribution in [3.05, 3.63) is 90.0 Å². The number of rotatable bonds is 6. The van der Waals surface area contributed by atoms with E-state index in [1.165, 1.54) is 0 Å². The van der Waals surface area contributed by atoms with E-state index in [4.69, 9.17) is 4.74 Å². The second-order valence-corrected chi connectivity index (χ2v) is 7.70. The molecule has 1 aliphatic heterocycles. The average Bonchev–Trinajstić information content (AvgIpc) is 2.75. The zero-order valence-corrected chi connectivity index (χ0v) is 16.4.